The molecule has 20 heavy (non-hydrogen) atoms. The minimum atomic E-state index is 1.14. The molecule has 104 valence electrons. The first-order valence-electron chi connectivity index (χ1n) is 8.01. The smallest absolute Gasteiger partial charge is 0.00106 e. The normalized spacial score (nSPS) is 12.3. The molecule has 0 spiro atoms. The van der Waals surface area contributed by atoms with Crippen LogP contribution in [0.4, 0.5) is 0 Å². The van der Waals surface area contributed by atoms with Gasteiger partial charge in [0.1, 0.15) is 0 Å². The molecule has 0 amide bonds. The first-order chi connectivity index (χ1) is 9.81. The van der Waals surface area contributed by atoms with Crippen LogP contribution in [0.3, 0.4) is 0 Å². The Morgan fingerprint density at radius 3 is 2.60 bits per heavy atom. The Bertz CT molecular complexity index is 607. The van der Waals surface area contributed by atoms with Crippen LogP contribution in [0.15, 0.2) is 36.4 Å². The zero-order valence-electron chi connectivity index (χ0n) is 12.7. The number of hydrogen-bond donors (Lipinski definition) is 0. The molecule has 0 radical (unpaired) electrons. The largest absolute Gasteiger partial charge is 0.0654 e. The van der Waals surface area contributed by atoms with Crippen molar-refractivity contribution in [2.75, 3.05) is 0 Å². The zero-order valence-corrected chi connectivity index (χ0v) is 12.7. The van der Waals surface area contributed by atoms with E-state index in [4.69, 9.17) is 0 Å². The maximum atomic E-state index is 2.33. The fraction of sp³-hybridized carbons (Fsp3) is 0.400. The first kappa shape index (κ1) is 13.4. The van der Waals surface area contributed by atoms with Crippen molar-refractivity contribution in [3.63, 3.8) is 0 Å². The molecule has 0 aromatic heterocycles. The number of hydrogen-bond acceptors (Lipinski definition) is 0. The van der Waals surface area contributed by atoms with E-state index in [0.29, 0.717) is 0 Å². The fourth-order valence-electron chi connectivity index (χ4n) is 3.47. The topological polar surface area (TPSA) is 0 Å². The van der Waals surface area contributed by atoms with E-state index in [2.05, 4.69) is 50.2 Å². The van der Waals surface area contributed by atoms with E-state index >= 15 is 0 Å². The molecule has 3 rings (SSSR count). The number of benzene rings is 2. The highest BCUT2D eigenvalue weighted by Gasteiger charge is 2.21. The van der Waals surface area contributed by atoms with Crippen molar-refractivity contribution >= 4 is 0 Å². The van der Waals surface area contributed by atoms with Gasteiger partial charge in [0.15, 0.2) is 0 Å². The van der Waals surface area contributed by atoms with Crippen LogP contribution >= 0.6 is 0 Å². The summed E-state index contributed by atoms with van der Waals surface area (Å²) in [6, 6.07) is 13.5. The van der Waals surface area contributed by atoms with Gasteiger partial charge in [0.05, 0.1) is 0 Å². The van der Waals surface area contributed by atoms with Crippen molar-refractivity contribution in [3.8, 4) is 11.1 Å². The van der Waals surface area contributed by atoms with Crippen LogP contribution in [0.5, 0.6) is 0 Å². The maximum absolute atomic E-state index is 2.33. The van der Waals surface area contributed by atoms with Gasteiger partial charge >= 0.3 is 0 Å². The molecule has 0 bridgehead atoms. The van der Waals surface area contributed by atoms with Gasteiger partial charge in [-0.2, -0.15) is 0 Å². The molecule has 0 heteroatoms. The highest BCUT2D eigenvalue weighted by molar-refractivity contribution is 5.78. The highest BCUT2D eigenvalue weighted by atomic mass is 14.2. The Morgan fingerprint density at radius 1 is 0.900 bits per heavy atom. The van der Waals surface area contributed by atoms with E-state index in [1.165, 1.54) is 54.4 Å². The summed E-state index contributed by atoms with van der Waals surface area (Å²) in [5.41, 5.74) is 9.14. The summed E-state index contributed by atoms with van der Waals surface area (Å²) in [7, 11) is 0. The van der Waals surface area contributed by atoms with Gasteiger partial charge in [0, 0.05) is 0 Å². The van der Waals surface area contributed by atoms with Crippen molar-refractivity contribution in [1.29, 1.82) is 0 Å². The molecule has 0 nitrogen and oxygen atoms in total. The lowest BCUT2D eigenvalue weighted by molar-refractivity contribution is 0.664. The molecule has 1 aliphatic rings. The summed E-state index contributed by atoms with van der Waals surface area (Å²) < 4.78 is 0. The summed E-state index contributed by atoms with van der Waals surface area (Å²) in [6.45, 7) is 4.56. The minimum absolute atomic E-state index is 1.14. The summed E-state index contributed by atoms with van der Waals surface area (Å²) >= 11 is 0. The predicted octanol–water partition coefficient (Wildman–Crippen LogP) is 5.69. The Hall–Kier alpha value is -1.56. The number of rotatable bonds is 5. The van der Waals surface area contributed by atoms with E-state index < -0.39 is 0 Å². The Labute approximate surface area is 122 Å². The molecule has 0 unspecified atom stereocenters. The summed E-state index contributed by atoms with van der Waals surface area (Å²) in [4.78, 5) is 0. The molecular weight excluding hydrogens is 240 g/mol. The predicted molar refractivity (Wildman–Crippen MR) is 87.3 cm³/mol. The van der Waals surface area contributed by atoms with Gasteiger partial charge < -0.3 is 0 Å². The molecule has 0 aliphatic heterocycles. The Balaban J connectivity index is 1.89. The molecule has 2 aromatic rings. The van der Waals surface area contributed by atoms with Gasteiger partial charge in [-0.15, -0.1) is 0 Å². The lowest BCUT2D eigenvalue weighted by atomic mass is 9.93. The average Bonchev–Trinajstić information content (AvgIpc) is 2.84. The van der Waals surface area contributed by atoms with E-state index in [1.54, 1.807) is 11.1 Å². The molecule has 0 saturated heterocycles. The molecule has 2 aromatic carbocycles. The van der Waals surface area contributed by atoms with Crippen molar-refractivity contribution in [2.45, 2.75) is 52.4 Å². The van der Waals surface area contributed by atoms with Crippen LogP contribution < -0.4 is 0 Å². The quantitative estimate of drug-likeness (QED) is 0.519. The second-order valence-corrected chi connectivity index (χ2v) is 6.03. The van der Waals surface area contributed by atoms with Gasteiger partial charge in [-0.1, -0.05) is 62.6 Å². The molecular formula is C20H24. The van der Waals surface area contributed by atoms with Gasteiger partial charge in [-0.3, -0.25) is 0 Å². The summed E-state index contributed by atoms with van der Waals surface area (Å²) in [5, 5.41) is 0. The van der Waals surface area contributed by atoms with Crippen LogP contribution in [0.2, 0.25) is 0 Å². The third-order valence-electron chi connectivity index (χ3n) is 4.62. The fourth-order valence-corrected chi connectivity index (χ4v) is 3.47. The van der Waals surface area contributed by atoms with E-state index in [1.807, 2.05) is 0 Å². The third kappa shape index (κ3) is 2.40. The van der Waals surface area contributed by atoms with Crippen LogP contribution in [-0.2, 0) is 12.8 Å². The van der Waals surface area contributed by atoms with Gasteiger partial charge in [-0.25, -0.2) is 0 Å². The van der Waals surface area contributed by atoms with Crippen LogP contribution in [0.1, 0.15) is 54.9 Å². The maximum Gasteiger partial charge on any atom is -0.00106 e. The van der Waals surface area contributed by atoms with Crippen molar-refractivity contribution < 1.29 is 0 Å². The van der Waals surface area contributed by atoms with E-state index in [-0.39, 0.29) is 0 Å². The number of fused-ring (bicyclic) bond motifs is 3. The second kappa shape index (κ2) is 5.83. The molecule has 1 aliphatic carbocycles. The molecule has 0 atom stereocenters. The van der Waals surface area contributed by atoms with Crippen molar-refractivity contribution in [3.05, 3.63) is 58.7 Å². The highest BCUT2D eigenvalue weighted by Crippen LogP contribution is 2.39. The van der Waals surface area contributed by atoms with Crippen LogP contribution in [-0.4, -0.2) is 0 Å². The standard InChI is InChI=1S/C20H24/c1-3-4-5-6-10-17-15(2)12-13-19-18-11-8-7-9-16(18)14-20(17)19/h7-9,11-13H,3-6,10,14H2,1-2H3. The van der Waals surface area contributed by atoms with Gasteiger partial charge in [-0.05, 0) is 59.6 Å². The van der Waals surface area contributed by atoms with Crippen LogP contribution in [0.25, 0.3) is 11.1 Å². The van der Waals surface area contributed by atoms with Crippen molar-refractivity contribution in [2.24, 2.45) is 0 Å². The first-order valence-corrected chi connectivity index (χ1v) is 8.01. The Morgan fingerprint density at radius 2 is 1.75 bits per heavy atom. The third-order valence-corrected chi connectivity index (χ3v) is 4.62. The van der Waals surface area contributed by atoms with Crippen molar-refractivity contribution in [1.82, 2.24) is 0 Å². The minimum Gasteiger partial charge on any atom is -0.0654 e. The monoisotopic (exact) mass is 264 g/mol. The lowest BCUT2D eigenvalue weighted by Gasteiger charge is -2.12. The molecule has 0 heterocycles. The van der Waals surface area contributed by atoms with Gasteiger partial charge in [0.25, 0.3) is 0 Å². The molecule has 0 fully saturated rings. The zero-order chi connectivity index (χ0) is 13.9. The number of aryl methyl sites for hydroxylation is 1. The Kier molecular flexibility index (Phi) is 3.91. The lowest BCUT2D eigenvalue weighted by Crippen LogP contribution is -1.97. The summed E-state index contributed by atoms with van der Waals surface area (Å²) in [6.07, 6.45) is 7.78. The second-order valence-electron chi connectivity index (χ2n) is 6.03. The van der Waals surface area contributed by atoms with Crippen LogP contribution in [0, 0.1) is 6.92 Å². The van der Waals surface area contributed by atoms with E-state index in [0.717, 1.165) is 6.42 Å². The molecule has 0 saturated carbocycles. The number of unbranched alkanes of at least 4 members (excludes halogenated alkanes) is 3. The molecule has 0 N–H and O–H groups in total. The summed E-state index contributed by atoms with van der Waals surface area (Å²) in [5.74, 6) is 0. The van der Waals surface area contributed by atoms with Gasteiger partial charge in [0.2, 0.25) is 0 Å². The SMILES string of the molecule is CCCCCCc1c(C)ccc2c1Cc1ccccc1-2. The van der Waals surface area contributed by atoms with E-state index in [9.17, 15) is 0 Å². The average molecular weight is 264 g/mol.